The maximum atomic E-state index is 6.25. The van der Waals surface area contributed by atoms with Gasteiger partial charge in [0.2, 0.25) is 11.4 Å². The number of ether oxygens (including phenoxy) is 1. The average molecular weight is 396 g/mol. The Balaban J connectivity index is 1.51. The molecule has 1 aromatic heterocycles. The van der Waals surface area contributed by atoms with Crippen LogP contribution in [0, 0.1) is 0 Å². The molecule has 0 saturated carbocycles. The van der Waals surface area contributed by atoms with Gasteiger partial charge in [-0.3, -0.25) is 0 Å². The van der Waals surface area contributed by atoms with Crippen molar-refractivity contribution in [3.8, 4) is 5.75 Å². The van der Waals surface area contributed by atoms with Gasteiger partial charge < -0.3 is 9.64 Å². The topological polar surface area (TPSA) is 16.4 Å². The van der Waals surface area contributed by atoms with Crippen molar-refractivity contribution in [1.29, 1.82) is 0 Å². The molecule has 4 heteroatoms. The van der Waals surface area contributed by atoms with Crippen molar-refractivity contribution >= 4 is 54.9 Å². The van der Waals surface area contributed by atoms with Crippen LogP contribution in [-0.4, -0.2) is 7.05 Å². The summed E-state index contributed by atoms with van der Waals surface area (Å²) >= 11 is 1.79. The van der Waals surface area contributed by atoms with E-state index in [1.54, 1.807) is 11.3 Å². The average Bonchev–Trinajstić information content (AvgIpc) is 3.25. The van der Waals surface area contributed by atoms with Gasteiger partial charge in [0.25, 0.3) is 5.01 Å². The molecule has 6 rings (SSSR count). The molecule has 0 radical (unpaired) electrons. The zero-order chi connectivity index (χ0) is 19.5. The highest BCUT2D eigenvalue weighted by Crippen LogP contribution is 2.43. The highest BCUT2D eigenvalue weighted by molar-refractivity contribution is 7.19. The second-order valence-corrected chi connectivity index (χ2v) is 8.47. The summed E-state index contributed by atoms with van der Waals surface area (Å²) in [6.45, 7) is 0. The number of hydrogen-bond donors (Lipinski definition) is 0. The lowest BCUT2D eigenvalue weighted by Gasteiger charge is -2.12. The Morgan fingerprint density at radius 3 is 2.38 bits per heavy atom. The Morgan fingerprint density at radius 1 is 0.862 bits per heavy atom. The SMILES string of the molecule is CN1C(=Cc2sc3ccc4ccccc4c3[n+]2C)Oc2ccc3ccccc3c21. The standard InChI is InChI=1S/C25H19N2OS/c1-26-22(28-20-13-11-16-7-3-5-9-18(16)24(20)26)15-23-27(2)25-19-10-6-4-8-17(19)12-14-21(25)29-23/h3-15H,1-2H3/q+1. The molecule has 1 aliphatic heterocycles. The Labute approximate surface area is 172 Å². The van der Waals surface area contributed by atoms with Gasteiger partial charge in [0, 0.05) is 12.4 Å². The van der Waals surface area contributed by atoms with Crippen LogP contribution in [0.15, 0.2) is 78.7 Å². The van der Waals surface area contributed by atoms with Gasteiger partial charge in [-0.1, -0.05) is 65.9 Å². The summed E-state index contributed by atoms with van der Waals surface area (Å²) in [6, 6.07) is 25.6. The molecule has 5 aromatic rings. The summed E-state index contributed by atoms with van der Waals surface area (Å²) in [6.07, 6.45) is 2.15. The molecule has 0 atom stereocenters. The molecule has 0 bridgehead atoms. The Kier molecular flexibility index (Phi) is 3.46. The number of anilines is 1. The van der Waals surface area contributed by atoms with E-state index < -0.39 is 0 Å². The molecule has 1 aliphatic rings. The van der Waals surface area contributed by atoms with Crippen LogP contribution in [0.5, 0.6) is 5.75 Å². The molecule has 2 heterocycles. The van der Waals surface area contributed by atoms with Gasteiger partial charge in [0.05, 0.1) is 17.1 Å². The van der Waals surface area contributed by atoms with Crippen molar-refractivity contribution in [3.05, 3.63) is 83.7 Å². The highest BCUT2D eigenvalue weighted by Gasteiger charge is 2.27. The van der Waals surface area contributed by atoms with Gasteiger partial charge in [0.15, 0.2) is 5.75 Å². The van der Waals surface area contributed by atoms with E-state index >= 15 is 0 Å². The largest absolute Gasteiger partial charge is 0.438 e. The maximum absolute atomic E-state index is 6.25. The van der Waals surface area contributed by atoms with Gasteiger partial charge in [-0.15, -0.1) is 0 Å². The normalized spacial score (nSPS) is 14.8. The number of aromatic nitrogens is 1. The van der Waals surface area contributed by atoms with Crippen molar-refractivity contribution in [2.24, 2.45) is 7.05 Å². The van der Waals surface area contributed by atoms with E-state index in [2.05, 4.69) is 102 Å². The fourth-order valence-electron chi connectivity index (χ4n) is 4.27. The molecule has 0 aliphatic carbocycles. The summed E-state index contributed by atoms with van der Waals surface area (Å²) in [7, 11) is 4.21. The van der Waals surface area contributed by atoms with Crippen LogP contribution in [0.3, 0.4) is 0 Å². The first-order chi connectivity index (χ1) is 14.2. The summed E-state index contributed by atoms with van der Waals surface area (Å²) in [5, 5.41) is 6.14. The Bertz CT molecular complexity index is 1460. The minimum absolute atomic E-state index is 0.850. The van der Waals surface area contributed by atoms with Crippen molar-refractivity contribution in [3.63, 3.8) is 0 Å². The number of fused-ring (bicyclic) bond motifs is 6. The number of hydrogen-bond acceptors (Lipinski definition) is 3. The third kappa shape index (κ3) is 2.39. The molecule has 0 saturated heterocycles. The summed E-state index contributed by atoms with van der Waals surface area (Å²) in [4.78, 5) is 2.15. The highest BCUT2D eigenvalue weighted by atomic mass is 32.1. The second-order valence-electron chi connectivity index (χ2n) is 7.41. The van der Waals surface area contributed by atoms with Crippen LogP contribution < -0.4 is 14.2 Å². The van der Waals surface area contributed by atoms with E-state index in [1.807, 2.05) is 0 Å². The molecule has 0 unspecified atom stereocenters. The Morgan fingerprint density at radius 2 is 1.55 bits per heavy atom. The zero-order valence-electron chi connectivity index (χ0n) is 16.2. The molecule has 3 nitrogen and oxygen atoms in total. The number of thiazole rings is 1. The molecule has 0 fully saturated rings. The fourth-order valence-corrected chi connectivity index (χ4v) is 5.36. The zero-order valence-corrected chi connectivity index (χ0v) is 17.0. The number of benzene rings is 4. The summed E-state index contributed by atoms with van der Waals surface area (Å²) in [5.41, 5.74) is 2.40. The summed E-state index contributed by atoms with van der Waals surface area (Å²) < 4.78 is 9.80. The van der Waals surface area contributed by atoms with Gasteiger partial charge in [-0.2, -0.15) is 4.57 Å². The predicted molar refractivity (Wildman–Crippen MR) is 121 cm³/mol. The summed E-state index contributed by atoms with van der Waals surface area (Å²) in [5.74, 6) is 1.76. The second kappa shape index (κ2) is 6.06. The quantitative estimate of drug-likeness (QED) is 0.331. The molecular formula is C25H19N2OS+. The molecular weight excluding hydrogens is 376 g/mol. The predicted octanol–water partition coefficient (Wildman–Crippen LogP) is 5.86. The minimum atomic E-state index is 0.850. The lowest BCUT2D eigenvalue weighted by molar-refractivity contribution is -0.641. The van der Waals surface area contributed by atoms with Gasteiger partial charge in [-0.05, 0) is 29.0 Å². The van der Waals surface area contributed by atoms with Crippen molar-refractivity contribution in [1.82, 2.24) is 0 Å². The molecule has 0 N–H and O–H groups in total. The minimum Gasteiger partial charge on any atom is -0.438 e. The number of rotatable bonds is 1. The third-order valence-electron chi connectivity index (χ3n) is 5.74. The van der Waals surface area contributed by atoms with Crippen molar-refractivity contribution < 1.29 is 9.30 Å². The lowest BCUT2D eigenvalue weighted by atomic mass is 10.1. The van der Waals surface area contributed by atoms with E-state index in [9.17, 15) is 0 Å². The van der Waals surface area contributed by atoms with E-state index in [-0.39, 0.29) is 0 Å². The molecule has 4 aromatic carbocycles. The first-order valence-corrected chi connectivity index (χ1v) is 10.5. The lowest BCUT2D eigenvalue weighted by Crippen LogP contribution is -2.29. The van der Waals surface area contributed by atoms with Crippen LogP contribution in [0.1, 0.15) is 5.01 Å². The van der Waals surface area contributed by atoms with E-state index in [0.29, 0.717) is 0 Å². The van der Waals surface area contributed by atoms with Crippen LogP contribution in [0.2, 0.25) is 0 Å². The molecule has 29 heavy (non-hydrogen) atoms. The first kappa shape index (κ1) is 16.6. The Hall–Kier alpha value is -3.37. The molecule has 0 spiro atoms. The third-order valence-corrected chi connectivity index (χ3v) is 6.89. The monoisotopic (exact) mass is 395 g/mol. The van der Waals surface area contributed by atoms with Gasteiger partial charge in [-0.25, -0.2) is 0 Å². The van der Waals surface area contributed by atoms with Crippen LogP contribution in [0.4, 0.5) is 5.69 Å². The fraction of sp³-hybridized carbons (Fsp3) is 0.0800. The number of aryl methyl sites for hydroxylation is 1. The van der Waals surface area contributed by atoms with Crippen LogP contribution in [-0.2, 0) is 7.05 Å². The van der Waals surface area contributed by atoms with E-state index in [4.69, 9.17) is 4.74 Å². The maximum Gasteiger partial charge on any atom is 0.267 e. The van der Waals surface area contributed by atoms with Crippen LogP contribution >= 0.6 is 11.3 Å². The van der Waals surface area contributed by atoms with Crippen molar-refractivity contribution in [2.45, 2.75) is 0 Å². The number of nitrogens with zero attached hydrogens (tertiary/aromatic N) is 2. The first-order valence-electron chi connectivity index (χ1n) is 9.66. The van der Waals surface area contributed by atoms with Crippen molar-refractivity contribution in [2.75, 3.05) is 11.9 Å². The molecule has 0 amide bonds. The van der Waals surface area contributed by atoms with Gasteiger partial charge in [0.1, 0.15) is 11.7 Å². The molecule has 140 valence electrons. The van der Waals surface area contributed by atoms with Gasteiger partial charge >= 0.3 is 0 Å². The van der Waals surface area contributed by atoms with E-state index in [0.717, 1.165) is 22.3 Å². The smallest absolute Gasteiger partial charge is 0.267 e. The van der Waals surface area contributed by atoms with Crippen LogP contribution in [0.25, 0.3) is 37.8 Å². The van der Waals surface area contributed by atoms with E-state index in [1.165, 1.54) is 31.8 Å².